The fourth-order valence-electron chi connectivity index (χ4n) is 2.24. The lowest BCUT2D eigenvalue weighted by atomic mass is 10.2. The number of hydrogen-bond donors (Lipinski definition) is 2. The zero-order chi connectivity index (χ0) is 14.8. The number of rotatable bonds is 5. The molecule has 7 heteroatoms. The van der Waals surface area contributed by atoms with Crippen LogP contribution in [0.5, 0.6) is 5.75 Å². The molecule has 1 saturated heterocycles. The van der Waals surface area contributed by atoms with Crippen molar-refractivity contribution in [3.8, 4) is 5.75 Å². The van der Waals surface area contributed by atoms with Gasteiger partial charge in [-0.15, -0.1) is 0 Å². The van der Waals surface area contributed by atoms with Crippen LogP contribution in [0, 0.1) is 0 Å². The number of methoxy groups -OCH3 is 1. The molecule has 2 unspecified atom stereocenters. The van der Waals surface area contributed by atoms with Gasteiger partial charge >= 0.3 is 0 Å². The predicted molar refractivity (Wildman–Crippen MR) is 75.0 cm³/mol. The van der Waals surface area contributed by atoms with Crippen LogP contribution in [0.15, 0.2) is 23.1 Å². The fourth-order valence-corrected chi connectivity index (χ4v) is 3.62. The summed E-state index contributed by atoms with van der Waals surface area (Å²) >= 11 is 0. The molecule has 20 heavy (non-hydrogen) atoms. The number of hydrogen-bond acceptors (Lipinski definition) is 5. The van der Waals surface area contributed by atoms with Gasteiger partial charge in [-0.2, -0.15) is 0 Å². The summed E-state index contributed by atoms with van der Waals surface area (Å²) in [6.45, 7) is 2.65. The normalized spacial score (nSPS) is 22.9. The van der Waals surface area contributed by atoms with Crippen molar-refractivity contribution in [1.82, 2.24) is 4.72 Å². The van der Waals surface area contributed by atoms with Crippen LogP contribution in [0.1, 0.15) is 18.9 Å². The first-order valence-electron chi connectivity index (χ1n) is 6.49. The lowest BCUT2D eigenvalue weighted by molar-refractivity contribution is 0.117. The van der Waals surface area contributed by atoms with Crippen LogP contribution < -0.4 is 15.2 Å². The van der Waals surface area contributed by atoms with Crippen molar-refractivity contribution in [3.63, 3.8) is 0 Å². The minimum Gasteiger partial charge on any atom is -0.496 e. The first-order chi connectivity index (χ1) is 9.47. The molecule has 3 N–H and O–H groups in total. The van der Waals surface area contributed by atoms with Gasteiger partial charge in [-0.1, -0.05) is 0 Å². The van der Waals surface area contributed by atoms with E-state index in [1.165, 1.54) is 13.2 Å². The smallest absolute Gasteiger partial charge is 0.240 e. The molecule has 0 saturated carbocycles. The Labute approximate surface area is 119 Å². The lowest BCUT2D eigenvalue weighted by Gasteiger charge is -2.17. The van der Waals surface area contributed by atoms with Crippen molar-refractivity contribution < 1.29 is 17.9 Å². The summed E-state index contributed by atoms with van der Waals surface area (Å²) in [6.07, 6.45) is 0.567. The third-order valence-electron chi connectivity index (χ3n) is 3.46. The molecule has 0 radical (unpaired) electrons. The third-order valence-corrected chi connectivity index (χ3v) is 4.95. The second kappa shape index (κ2) is 6.09. The summed E-state index contributed by atoms with van der Waals surface area (Å²) in [6, 6.07) is 4.48. The molecule has 2 atom stereocenters. The summed E-state index contributed by atoms with van der Waals surface area (Å²) in [5.41, 5.74) is 6.27. The molecular weight excluding hydrogens is 280 g/mol. The minimum absolute atomic E-state index is 0.114. The maximum atomic E-state index is 12.4. The summed E-state index contributed by atoms with van der Waals surface area (Å²) in [5.74, 6) is 0.587. The van der Waals surface area contributed by atoms with Crippen LogP contribution >= 0.6 is 0 Å². The highest BCUT2D eigenvalue weighted by molar-refractivity contribution is 7.89. The molecule has 1 aromatic carbocycles. The molecule has 6 nitrogen and oxygen atoms in total. The number of ether oxygens (including phenoxy) is 2. The van der Waals surface area contributed by atoms with Gasteiger partial charge in [-0.25, -0.2) is 13.1 Å². The quantitative estimate of drug-likeness (QED) is 0.831. The highest BCUT2D eigenvalue weighted by Gasteiger charge is 2.29. The van der Waals surface area contributed by atoms with Crippen molar-refractivity contribution >= 4 is 10.0 Å². The molecule has 0 aromatic heterocycles. The van der Waals surface area contributed by atoms with E-state index in [9.17, 15) is 8.42 Å². The fraction of sp³-hybridized carbons (Fsp3) is 0.538. The Balaban J connectivity index is 2.25. The molecule has 0 spiro atoms. The second-order valence-corrected chi connectivity index (χ2v) is 6.48. The highest BCUT2D eigenvalue weighted by atomic mass is 32.2. The molecule has 1 aliphatic rings. The zero-order valence-electron chi connectivity index (χ0n) is 11.6. The minimum atomic E-state index is -3.58. The van der Waals surface area contributed by atoms with Crippen molar-refractivity contribution in [1.29, 1.82) is 0 Å². The Bertz CT molecular complexity index is 574. The van der Waals surface area contributed by atoms with E-state index in [2.05, 4.69) is 4.72 Å². The third kappa shape index (κ3) is 3.12. The Kier molecular flexibility index (Phi) is 4.64. The molecule has 2 rings (SSSR count). The summed E-state index contributed by atoms with van der Waals surface area (Å²) in [5, 5.41) is 0. The summed E-state index contributed by atoms with van der Waals surface area (Å²) in [4.78, 5) is 0.192. The van der Waals surface area contributed by atoms with Crippen LogP contribution in [0.25, 0.3) is 0 Å². The van der Waals surface area contributed by atoms with E-state index >= 15 is 0 Å². The van der Waals surface area contributed by atoms with E-state index in [-0.39, 0.29) is 23.6 Å². The number of nitrogens with one attached hydrogen (secondary N) is 1. The maximum Gasteiger partial charge on any atom is 0.240 e. The van der Waals surface area contributed by atoms with Crippen LogP contribution in [0.4, 0.5) is 0 Å². The van der Waals surface area contributed by atoms with E-state index in [0.717, 1.165) is 0 Å². The van der Waals surface area contributed by atoms with Gasteiger partial charge in [-0.3, -0.25) is 0 Å². The van der Waals surface area contributed by atoms with Gasteiger partial charge in [0.1, 0.15) is 5.75 Å². The van der Waals surface area contributed by atoms with Crippen LogP contribution in [-0.4, -0.2) is 34.3 Å². The van der Waals surface area contributed by atoms with E-state index in [1.54, 1.807) is 12.1 Å². The van der Waals surface area contributed by atoms with Crippen molar-refractivity contribution in [3.05, 3.63) is 23.8 Å². The summed E-state index contributed by atoms with van der Waals surface area (Å²) < 4.78 is 37.9. The Hall–Kier alpha value is -1.15. The Morgan fingerprint density at radius 1 is 1.50 bits per heavy atom. The SMILES string of the molecule is COc1ccc(S(=O)(=O)NC2CCOC2C)cc1CN. The molecule has 0 bridgehead atoms. The number of sulfonamides is 1. The standard InChI is InChI=1S/C13H20N2O4S/c1-9-12(5-6-19-9)15-20(16,17)11-3-4-13(18-2)10(7-11)8-14/h3-4,7,9,12,15H,5-6,8,14H2,1-2H3. The molecule has 1 aromatic rings. The Morgan fingerprint density at radius 2 is 2.25 bits per heavy atom. The molecular formula is C13H20N2O4S. The monoisotopic (exact) mass is 300 g/mol. The average molecular weight is 300 g/mol. The van der Waals surface area contributed by atoms with E-state index in [4.69, 9.17) is 15.2 Å². The van der Waals surface area contributed by atoms with Crippen molar-refractivity contribution in [2.24, 2.45) is 5.73 Å². The predicted octanol–water partition coefficient (Wildman–Crippen LogP) is 0.610. The van der Waals surface area contributed by atoms with E-state index in [0.29, 0.717) is 24.3 Å². The van der Waals surface area contributed by atoms with Crippen LogP contribution in [0.2, 0.25) is 0 Å². The van der Waals surface area contributed by atoms with Gasteiger partial charge in [0.05, 0.1) is 24.2 Å². The van der Waals surface area contributed by atoms with Crippen LogP contribution in [0.3, 0.4) is 0 Å². The zero-order valence-corrected chi connectivity index (χ0v) is 12.4. The second-order valence-electron chi connectivity index (χ2n) is 4.77. The molecule has 0 amide bonds. The largest absolute Gasteiger partial charge is 0.496 e. The van der Waals surface area contributed by atoms with E-state index < -0.39 is 10.0 Å². The maximum absolute atomic E-state index is 12.4. The van der Waals surface area contributed by atoms with Gasteiger partial charge in [0.25, 0.3) is 0 Å². The first-order valence-corrected chi connectivity index (χ1v) is 7.97. The van der Waals surface area contributed by atoms with Gasteiger partial charge in [0, 0.05) is 18.7 Å². The van der Waals surface area contributed by atoms with Crippen molar-refractivity contribution in [2.75, 3.05) is 13.7 Å². The topological polar surface area (TPSA) is 90.7 Å². The van der Waals surface area contributed by atoms with Gasteiger partial charge in [0.2, 0.25) is 10.0 Å². The number of nitrogens with two attached hydrogens (primary N) is 1. The van der Waals surface area contributed by atoms with E-state index in [1.807, 2.05) is 6.92 Å². The summed E-state index contributed by atoms with van der Waals surface area (Å²) in [7, 11) is -2.05. The molecule has 1 aliphatic heterocycles. The molecule has 1 heterocycles. The molecule has 0 aliphatic carbocycles. The number of benzene rings is 1. The Morgan fingerprint density at radius 3 is 2.80 bits per heavy atom. The molecule has 1 fully saturated rings. The highest BCUT2D eigenvalue weighted by Crippen LogP contribution is 2.23. The lowest BCUT2D eigenvalue weighted by Crippen LogP contribution is -2.39. The van der Waals surface area contributed by atoms with Gasteiger partial charge < -0.3 is 15.2 Å². The first kappa shape index (κ1) is 15.2. The van der Waals surface area contributed by atoms with Crippen LogP contribution in [-0.2, 0) is 21.3 Å². The average Bonchev–Trinajstić information content (AvgIpc) is 2.82. The molecule has 112 valence electrons. The van der Waals surface area contributed by atoms with Gasteiger partial charge in [-0.05, 0) is 31.5 Å². The van der Waals surface area contributed by atoms with Gasteiger partial charge in [0.15, 0.2) is 0 Å². The van der Waals surface area contributed by atoms with Crippen molar-refractivity contribution in [2.45, 2.75) is 36.9 Å².